The van der Waals surface area contributed by atoms with Gasteiger partial charge in [0, 0.05) is 50.9 Å². The summed E-state index contributed by atoms with van der Waals surface area (Å²) in [5.74, 6) is 6.27. The first-order valence-corrected chi connectivity index (χ1v) is 12.1. The fourth-order valence-electron chi connectivity index (χ4n) is 4.71. The molecule has 0 atom stereocenters. The van der Waals surface area contributed by atoms with Gasteiger partial charge in [-0.3, -0.25) is 20.3 Å². The molecule has 10 nitrogen and oxygen atoms in total. The van der Waals surface area contributed by atoms with Crippen LogP contribution in [0.15, 0.2) is 42.5 Å². The first-order chi connectivity index (χ1) is 17.5. The van der Waals surface area contributed by atoms with Gasteiger partial charge in [-0.05, 0) is 55.3 Å². The lowest BCUT2D eigenvalue weighted by Crippen LogP contribution is -2.55. The SMILES string of the molecule is NNc1ccc(C(=O)N2CCC(N3CCN(C(=O)COc4ccc(OCF)cc4)CC3)CC2)cc1N. The van der Waals surface area contributed by atoms with Gasteiger partial charge in [0.05, 0.1) is 11.4 Å². The number of halogens is 1. The Kier molecular flexibility index (Phi) is 8.44. The number of nitrogens with one attached hydrogen (secondary N) is 1. The van der Waals surface area contributed by atoms with Crippen molar-refractivity contribution in [2.45, 2.75) is 18.9 Å². The van der Waals surface area contributed by atoms with Gasteiger partial charge in [0.25, 0.3) is 11.8 Å². The lowest BCUT2D eigenvalue weighted by atomic mass is 10.0. The number of rotatable bonds is 8. The number of carbonyl (C=O) groups excluding carboxylic acids is 2. The van der Waals surface area contributed by atoms with Crippen LogP contribution in [0.1, 0.15) is 23.2 Å². The molecule has 0 unspecified atom stereocenters. The Balaban J connectivity index is 1.19. The molecule has 2 aliphatic rings. The number of ether oxygens (including phenoxy) is 2. The minimum Gasteiger partial charge on any atom is -0.484 e. The molecule has 0 radical (unpaired) electrons. The highest BCUT2D eigenvalue weighted by Gasteiger charge is 2.30. The Morgan fingerprint density at radius 2 is 1.56 bits per heavy atom. The molecule has 0 spiro atoms. The topological polar surface area (TPSA) is 126 Å². The van der Waals surface area contributed by atoms with E-state index in [0.717, 1.165) is 25.9 Å². The first kappa shape index (κ1) is 25.5. The van der Waals surface area contributed by atoms with Crippen LogP contribution in [-0.4, -0.2) is 85.3 Å². The molecule has 2 saturated heterocycles. The number of nitrogens with two attached hydrogens (primary N) is 2. The molecule has 2 aromatic rings. The van der Waals surface area contributed by atoms with Crippen LogP contribution in [0.4, 0.5) is 15.8 Å². The zero-order valence-corrected chi connectivity index (χ0v) is 20.2. The van der Waals surface area contributed by atoms with Gasteiger partial charge in [-0.25, -0.2) is 4.39 Å². The van der Waals surface area contributed by atoms with Crippen molar-refractivity contribution in [3.8, 4) is 11.5 Å². The van der Waals surface area contributed by atoms with Gasteiger partial charge < -0.3 is 30.4 Å². The molecule has 0 saturated carbocycles. The van der Waals surface area contributed by atoms with E-state index >= 15 is 0 Å². The molecular weight excluding hydrogens is 467 g/mol. The zero-order chi connectivity index (χ0) is 25.5. The number of hydrogen-bond acceptors (Lipinski definition) is 8. The van der Waals surface area contributed by atoms with Crippen molar-refractivity contribution in [2.75, 3.05) is 63.9 Å². The Labute approximate surface area is 209 Å². The maximum atomic E-state index is 12.9. The van der Waals surface area contributed by atoms with E-state index in [1.165, 1.54) is 0 Å². The predicted molar refractivity (Wildman–Crippen MR) is 134 cm³/mol. The number of piperazine rings is 1. The third-order valence-electron chi connectivity index (χ3n) is 6.80. The average Bonchev–Trinajstić information content (AvgIpc) is 2.92. The third-order valence-corrected chi connectivity index (χ3v) is 6.80. The number of nitrogen functional groups attached to an aromatic ring is 2. The van der Waals surface area contributed by atoms with Crippen molar-refractivity contribution in [2.24, 2.45) is 5.84 Å². The van der Waals surface area contributed by atoms with E-state index < -0.39 is 6.86 Å². The summed E-state index contributed by atoms with van der Waals surface area (Å²) in [7, 11) is 0. The number of nitrogens with zero attached hydrogens (tertiary/aromatic N) is 3. The van der Waals surface area contributed by atoms with E-state index in [0.29, 0.717) is 60.7 Å². The summed E-state index contributed by atoms with van der Waals surface area (Å²) in [5.41, 5.74) is 10.0. The van der Waals surface area contributed by atoms with Crippen molar-refractivity contribution in [3.63, 3.8) is 0 Å². The standard InChI is InChI=1S/C25H33FN6O4/c26-17-36-21-4-2-20(3-5-21)35-16-24(33)31-13-11-30(12-14-31)19-7-9-32(10-8-19)25(34)18-1-6-23(29-28)22(27)15-18/h1-6,15,19,29H,7-14,16-17,27-28H2. The van der Waals surface area contributed by atoms with Gasteiger partial charge in [-0.1, -0.05) is 0 Å². The van der Waals surface area contributed by atoms with E-state index in [9.17, 15) is 14.0 Å². The highest BCUT2D eigenvalue weighted by Crippen LogP contribution is 2.23. The number of anilines is 2. The van der Waals surface area contributed by atoms with Crippen LogP contribution in [-0.2, 0) is 4.79 Å². The molecule has 194 valence electrons. The number of likely N-dealkylation sites (tertiary alicyclic amines) is 1. The molecule has 2 aromatic carbocycles. The van der Waals surface area contributed by atoms with Gasteiger partial charge in [0.15, 0.2) is 6.61 Å². The van der Waals surface area contributed by atoms with E-state index in [2.05, 4.69) is 10.3 Å². The van der Waals surface area contributed by atoms with Gasteiger partial charge in [0.1, 0.15) is 11.5 Å². The summed E-state index contributed by atoms with van der Waals surface area (Å²) in [4.78, 5) is 31.6. The smallest absolute Gasteiger partial charge is 0.260 e. The first-order valence-electron chi connectivity index (χ1n) is 12.1. The van der Waals surface area contributed by atoms with Crippen LogP contribution < -0.4 is 26.5 Å². The summed E-state index contributed by atoms with van der Waals surface area (Å²) in [5, 5.41) is 0. The fourth-order valence-corrected chi connectivity index (χ4v) is 4.71. The second kappa shape index (κ2) is 11.9. The normalized spacial score (nSPS) is 17.1. The minimum atomic E-state index is -0.889. The number of piperidine rings is 1. The van der Waals surface area contributed by atoms with Gasteiger partial charge in [-0.2, -0.15) is 0 Å². The molecule has 36 heavy (non-hydrogen) atoms. The maximum Gasteiger partial charge on any atom is 0.260 e. The van der Waals surface area contributed by atoms with Crippen molar-refractivity contribution >= 4 is 23.2 Å². The third kappa shape index (κ3) is 6.16. The van der Waals surface area contributed by atoms with Crippen LogP contribution in [0.5, 0.6) is 11.5 Å². The number of hydrazine groups is 1. The summed E-state index contributed by atoms with van der Waals surface area (Å²) in [6, 6.07) is 12.0. The van der Waals surface area contributed by atoms with Crippen molar-refractivity contribution in [3.05, 3.63) is 48.0 Å². The number of hydrogen-bond donors (Lipinski definition) is 3. The van der Waals surface area contributed by atoms with Crippen LogP contribution in [0, 0.1) is 0 Å². The van der Waals surface area contributed by atoms with Crippen LogP contribution in [0.3, 0.4) is 0 Å². The van der Waals surface area contributed by atoms with E-state index in [1.807, 2.05) is 9.80 Å². The Hall–Kier alpha value is -3.57. The van der Waals surface area contributed by atoms with Crippen LogP contribution in [0.2, 0.25) is 0 Å². The van der Waals surface area contributed by atoms with Gasteiger partial charge >= 0.3 is 0 Å². The van der Waals surface area contributed by atoms with Crippen LogP contribution in [0.25, 0.3) is 0 Å². The fraction of sp³-hybridized carbons (Fsp3) is 0.440. The maximum absolute atomic E-state index is 12.9. The van der Waals surface area contributed by atoms with Gasteiger partial charge in [-0.15, -0.1) is 0 Å². The minimum absolute atomic E-state index is 0.0243. The molecule has 2 fully saturated rings. The second-order valence-corrected chi connectivity index (χ2v) is 8.90. The Morgan fingerprint density at radius 1 is 0.917 bits per heavy atom. The summed E-state index contributed by atoms with van der Waals surface area (Å²) >= 11 is 0. The molecule has 2 amide bonds. The Bertz CT molecular complexity index is 1040. The van der Waals surface area contributed by atoms with E-state index in [4.69, 9.17) is 21.1 Å². The van der Waals surface area contributed by atoms with Crippen molar-refractivity contribution < 1.29 is 23.5 Å². The molecule has 0 bridgehead atoms. The molecule has 0 aromatic heterocycles. The molecule has 2 aliphatic heterocycles. The monoisotopic (exact) mass is 500 g/mol. The lowest BCUT2D eigenvalue weighted by Gasteiger charge is -2.42. The van der Waals surface area contributed by atoms with Crippen molar-refractivity contribution in [1.29, 1.82) is 0 Å². The largest absolute Gasteiger partial charge is 0.484 e. The molecule has 0 aliphatic carbocycles. The average molecular weight is 501 g/mol. The second-order valence-electron chi connectivity index (χ2n) is 8.90. The highest BCUT2D eigenvalue weighted by atomic mass is 19.1. The number of amides is 2. The van der Waals surface area contributed by atoms with Crippen molar-refractivity contribution in [1.82, 2.24) is 14.7 Å². The molecule has 5 N–H and O–H groups in total. The highest BCUT2D eigenvalue weighted by molar-refractivity contribution is 5.96. The molecule has 2 heterocycles. The predicted octanol–water partition coefficient (Wildman–Crippen LogP) is 1.69. The Morgan fingerprint density at radius 3 is 2.14 bits per heavy atom. The van der Waals surface area contributed by atoms with Crippen LogP contribution >= 0.6 is 0 Å². The summed E-state index contributed by atoms with van der Waals surface area (Å²) in [6.07, 6.45) is 1.78. The number of alkyl halides is 1. The van der Waals surface area contributed by atoms with E-state index in [-0.39, 0.29) is 18.4 Å². The lowest BCUT2D eigenvalue weighted by molar-refractivity contribution is -0.135. The number of carbonyl (C=O) groups is 2. The number of benzene rings is 2. The van der Waals surface area contributed by atoms with E-state index in [1.54, 1.807) is 42.5 Å². The molecular formula is C25H33FN6O4. The summed E-state index contributed by atoms with van der Waals surface area (Å²) in [6.45, 7) is 3.31. The van der Waals surface area contributed by atoms with Gasteiger partial charge in [0.2, 0.25) is 6.86 Å². The molecule has 4 rings (SSSR count). The quantitative estimate of drug-likeness (QED) is 0.284. The molecule has 11 heteroatoms. The summed E-state index contributed by atoms with van der Waals surface area (Å²) < 4.78 is 22.5. The zero-order valence-electron chi connectivity index (χ0n) is 20.2.